The Kier molecular flexibility index (Phi) is 2.86. The Balaban J connectivity index is 1.99. The van der Waals surface area contributed by atoms with Crippen molar-refractivity contribution >= 4 is 0 Å². The summed E-state index contributed by atoms with van der Waals surface area (Å²) in [6.07, 6.45) is 10.4. The molecule has 0 saturated heterocycles. The van der Waals surface area contributed by atoms with Crippen molar-refractivity contribution in [2.24, 2.45) is 22.7 Å². The van der Waals surface area contributed by atoms with Crippen LogP contribution in [0.2, 0.25) is 0 Å². The summed E-state index contributed by atoms with van der Waals surface area (Å²) in [5, 5.41) is 0. The molecule has 19 heavy (non-hydrogen) atoms. The van der Waals surface area contributed by atoms with Crippen LogP contribution in [0.15, 0.2) is 11.8 Å². The monoisotopic (exact) mass is 262 g/mol. The van der Waals surface area contributed by atoms with E-state index in [1.165, 1.54) is 38.5 Å². The first-order valence-electron chi connectivity index (χ1n) is 8.14. The lowest BCUT2D eigenvalue weighted by Crippen LogP contribution is -2.58. The van der Waals surface area contributed by atoms with Crippen LogP contribution < -0.4 is 0 Å². The third-order valence-corrected chi connectivity index (χ3v) is 6.77. The van der Waals surface area contributed by atoms with Crippen molar-refractivity contribution in [1.29, 1.82) is 0 Å². The number of hydrogen-bond acceptors (Lipinski definition) is 1. The van der Waals surface area contributed by atoms with Crippen LogP contribution in [0.3, 0.4) is 0 Å². The van der Waals surface area contributed by atoms with Crippen LogP contribution in [0.25, 0.3) is 0 Å². The fraction of sp³-hybridized carbons (Fsp3) is 0.889. The van der Waals surface area contributed by atoms with Gasteiger partial charge in [-0.1, -0.05) is 27.2 Å². The summed E-state index contributed by atoms with van der Waals surface area (Å²) in [6.45, 7) is 12.1. The van der Waals surface area contributed by atoms with Crippen molar-refractivity contribution in [1.82, 2.24) is 0 Å². The average molecular weight is 262 g/mol. The molecule has 2 saturated carbocycles. The molecule has 0 amide bonds. The van der Waals surface area contributed by atoms with Crippen LogP contribution in [0, 0.1) is 22.7 Å². The molecule has 4 atom stereocenters. The van der Waals surface area contributed by atoms with E-state index in [4.69, 9.17) is 4.74 Å². The molecule has 0 aromatic rings. The zero-order valence-corrected chi connectivity index (χ0v) is 13.4. The molecule has 3 rings (SSSR count). The maximum absolute atomic E-state index is 6.32. The molecule has 1 nitrogen and oxygen atoms in total. The van der Waals surface area contributed by atoms with Gasteiger partial charge in [-0.3, -0.25) is 0 Å². The van der Waals surface area contributed by atoms with Crippen LogP contribution in [0.5, 0.6) is 0 Å². The van der Waals surface area contributed by atoms with Crippen molar-refractivity contribution in [2.75, 3.05) is 0 Å². The number of fused-ring (bicyclic) bond motifs is 3. The maximum Gasteiger partial charge on any atom is 0.109 e. The molecule has 2 aliphatic carbocycles. The zero-order valence-electron chi connectivity index (χ0n) is 13.4. The molecule has 108 valence electrons. The van der Waals surface area contributed by atoms with Crippen molar-refractivity contribution in [3.8, 4) is 0 Å². The SMILES string of the molecule is CC1=CC[C@H]2[C@@](C)(CCC3C(C)(C)CCC[C@@]32C)O1. The predicted molar refractivity (Wildman–Crippen MR) is 79.8 cm³/mol. The van der Waals surface area contributed by atoms with Gasteiger partial charge in [0.25, 0.3) is 0 Å². The van der Waals surface area contributed by atoms with Gasteiger partial charge in [-0.25, -0.2) is 0 Å². The second kappa shape index (κ2) is 4.02. The molecule has 0 aromatic carbocycles. The Morgan fingerprint density at radius 3 is 2.53 bits per heavy atom. The summed E-state index contributed by atoms with van der Waals surface area (Å²) in [7, 11) is 0. The molecule has 0 aromatic heterocycles. The smallest absolute Gasteiger partial charge is 0.109 e. The van der Waals surface area contributed by atoms with E-state index in [0.29, 0.717) is 16.7 Å². The predicted octanol–water partition coefficient (Wildman–Crippen LogP) is 5.31. The highest BCUT2D eigenvalue weighted by Gasteiger charge is 2.59. The summed E-state index contributed by atoms with van der Waals surface area (Å²) < 4.78 is 6.32. The highest BCUT2D eigenvalue weighted by atomic mass is 16.5. The average Bonchev–Trinajstić information content (AvgIpc) is 2.25. The minimum atomic E-state index is 0.0947. The van der Waals surface area contributed by atoms with Gasteiger partial charge in [0.1, 0.15) is 5.60 Å². The standard InChI is InChI=1S/C18H30O/c1-13-7-8-15-17(4)11-6-10-16(2,3)14(17)9-12-18(15,5)19-13/h7,14-15H,6,8-12H2,1-5H3/t14?,15-,17+,18-/m1/s1. The van der Waals surface area contributed by atoms with Gasteiger partial charge in [-0.05, 0) is 68.8 Å². The van der Waals surface area contributed by atoms with Crippen LogP contribution >= 0.6 is 0 Å². The normalized spacial score (nSPS) is 48.6. The van der Waals surface area contributed by atoms with Gasteiger partial charge < -0.3 is 4.74 Å². The Labute approximate surface area is 118 Å². The molecule has 0 spiro atoms. The lowest BCUT2D eigenvalue weighted by Gasteiger charge is -2.62. The quantitative estimate of drug-likeness (QED) is 0.574. The summed E-state index contributed by atoms with van der Waals surface area (Å²) in [4.78, 5) is 0. The molecule has 1 aliphatic heterocycles. The molecular weight excluding hydrogens is 232 g/mol. The van der Waals surface area contributed by atoms with E-state index in [1.807, 2.05) is 0 Å². The van der Waals surface area contributed by atoms with Crippen molar-refractivity contribution < 1.29 is 4.74 Å². The van der Waals surface area contributed by atoms with Crippen LogP contribution in [0.1, 0.15) is 73.1 Å². The topological polar surface area (TPSA) is 9.23 Å². The van der Waals surface area contributed by atoms with E-state index in [2.05, 4.69) is 40.7 Å². The fourth-order valence-electron chi connectivity index (χ4n) is 5.94. The molecule has 1 heterocycles. The summed E-state index contributed by atoms with van der Waals surface area (Å²) in [5.41, 5.74) is 1.09. The van der Waals surface area contributed by atoms with Gasteiger partial charge in [-0.15, -0.1) is 0 Å². The van der Waals surface area contributed by atoms with E-state index in [1.54, 1.807) is 0 Å². The summed E-state index contributed by atoms with van der Waals surface area (Å²) >= 11 is 0. The van der Waals surface area contributed by atoms with E-state index in [9.17, 15) is 0 Å². The third kappa shape index (κ3) is 1.87. The molecule has 0 radical (unpaired) electrons. The highest BCUT2D eigenvalue weighted by molar-refractivity contribution is 5.13. The van der Waals surface area contributed by atoms with Crippen LogP contribution in [-0.2, 0) is 4.74 Å². The second-order valence-electron chi connectivity index (χ2n) is 8.46. The Hall–Kier alpha value is -0.460. The lowest BCUT2D eigenvalue weighted by molar-refractivity contribution is -0.181. The van der Waals surface area contributed by atoms with E-state index in [0.717, 1.165) is 11.7 Å². The number of rotatable bonds is 0. The Bertz CT molecular complexity index is 408. The first-order valence-corrected chi connectivity index (χ1v) is 8.14. The lowest BCUT2D eigenvalue weighted by atomic mass is 9.45. The highest BCUT2D eigenvalue weighted by Crippen LogP contribution is 2.64. The minimum absolute atomic E-state index is 0.0947. The van der Waals surface area contributed by atoms with Crippen LogP contribution in [0.4, 0.5) is 0 Å². The summed E-state index contributed by atoms with van der Waals surface area (Å²) in [5.74, 6) is 2.74. The maximum atomic E-state index is 6.32. The van der Waals surface area contributed by atoms with Gasteiger partial charge in [0, 0.05) is 5.92 Å². The molecule has 1 heteroatoms. The molecule has 2 fully saturated rings. The van der Waals surface area contributed by atoms with E-state index in [-0.39, 0.29) is 5.60 Å². The molecule has 0 bridgehead atoms. The number of hydrogen-bond donors (Lipinski definition) is 0. The van der Waals surface area contributed by atoms with Crippen molar-refractivity contribution in [3.05, 3.63) is 11.8 Å². The summed E-state index contributed by atoms with van der Waals surface area (Å²) in [6, 6.07) is 0. The molecule has 1 unspecified atom stereocenters. The van der Waals surface area contributed by atoms with E-state index < -0.39 is 0 Å². The first-order chi connectivity index (χ1) is 8.78. The number of ether oxygens (including phenoxy) is 1. The zero-order chi connectivity index (χ0) is 13.9. The Morgan fingerprint density at radius 2 is 1.79 bits per heavy atom. The van der Waals surface area contributed by atoms with Crippen molar-refractivity contribution in [3.63, 3.8) is 0 Å². The fourth-order valence-corrected chi connectivity index (χ4v) is 5.94. The van der Waals surface area contributed by atoms with Gasteiger partial charge in [0.2, 0.25) is 0 Å². The number of allylic oxidation sites excluding steroid dienone is 2. The largest absolute Gasteiger partial charge is 0.492 e. The first kappa shape index (κ1) is 13.5. The van der Waals surface area contributed by atoms with Gasteiger partial charge >= 0.3 is 0 Å². The van der Waals surface area contributed by atoms with Crippen LogP contribution in [-0.4, -0.2) is 5.60 Å². The van der Waals surface area contributed by atoms with Gasteiger partial charge in [-0.2, -0.15) is 0 Å². The van der Waals surface area contributed by atoms with Gasteiger partial charge in [0.05, 0.1) is 5.76 Å². The Morgan fingerprint density at radius 1 is 1.05 bits per heavy atom. The van der Waals surface area contributed by atoms with Gasteiger partial charge in [0.15, 0.2) is 0 Å². The van der Waals surface area contributed by atoms with E-state index >= 15 is 0 Å². The molecular formula is C18H30O. The molecule has 0 N–H and O–H groups in total. The third-order valence-electron chi connectivity index (χ3n) is 6.77. The molecule has 3 aliphatic rings. The van der Waals surface area contributed by atoms with Crippen molar-refractivity contribution in [2.45, 2.75) is 78.7 Å². The second-order valence-corrected chi connectivity index (χ2v) is 8.46. The minimum Gasteiger partial charge on any atom is -0.492 e.